The summed E-state index contributed by atoms with van der Waals surface area (Å²) in [7, 11) is -0.420. The number of aromatic nitrogens is 2. The molecule has 1 aromatic heterocycles. The first-order valence-corrected chi connectivity index (χ1v) is 11.7. The number of amides is 1. The molecule has 0 spiro atoms. The minimum absolute atomic E-state index is 0.0729. The molecule has 3 aliphatic rings. The summed E-state index contributed by atoms with van der Waals surface area (Å²) in [6.07, 6.45) is 2.92. The van der Waals surface area contributed by atoms with E-state index < -0.39 is 12.7 Å². The van der Waals surface area contributed by atoms with E-state index in [1.165, 1.54) is 0 Å². The third kappa shape index (κ3) is 3.52. The van der Waals surface area contributed by atoms with Crippen LogP contribution < -0.4 is 5.46 Å². The molecule has 172 valence electrons. The van der Waals surface area contributed by atoms with Crippen LogP contribution in [0, 0.1) is 5.92 Å². The highest BCUT2D eigenvalue weighted by Gasteiger charge is 2.52. The maximum absolute atomic E-state index is 13.0. The third-order valence-electron chi connectivity index (χ3n) is 7.52. The van der Waals surface area contributed by atoms with Gasteiger partial charge < -0.3 is 19.0 Å². The molecular formula is C24H34BN3O4. The maximum Gasteiger partial charge on any atom is 0.494 e. The van der Waals surface area contributed by atoms with Gasteiger partial charge in [-0.2, -0.15) is 0 Å². The lowest BCUT2D eigenvalue weighted by molar-refractivity contribution is 0.00578. The van der Waals surface area contributed by atoms with Crippen molar-refractivity contribution in [3.63, 3.8) is 0 Å². The number of benzene rings is 1. The largest absolute Gasteiger partial charge is 0.494 e. The van der Waals surface area contributed by atoms with Gasteiger partial charge in [-0.1, -0.05) is 6.07 Å². The number of hydrogen-bond donors (Lipinski definition) is 1. The molecule has 2 bridgehead atoms. The van der Waals surface area contributed by atoms with Gasteiger partial charge in [-0.3, -0.25) is 4.90 Å². The summed E-state index contributed by atoms with van der Waals surface area (Å²) in [4.78, 5) is 23.3. The van der Waals surface area contributed by atoms with Gasteiger partial charge in [0.05, 0.1) is 28.3 Å². The van der Waals surface area contributed by atoms with Crippen LogP contribution in [0.5, 0.6) is 0 Å². The highest BCUT2D eigenvalue weighted by molar-refractivity contribution is 6.62. The molecule has 7 nitrogen and oxygen atoms in total. The van der Waals surface area contributed by atoms with Crippen molar-refractivity contribution in [3.05, 3.63) is 24.0 Å². The van der Waals surface area contributed by atoms with Gasteiger partial charge in [-0.15, -0.1) is 0 Å². The van der Waals surface area contributed by atoms with E-state index in [-0.39, 0.29) is 29.4 Å². The van der Waals surface area contributed by atoms with Crippen LogP contribution in [-0.4, -0.2) is 50.9 Å². The smallest absolute Gasteiger partial charge is 0.444 e. The Bertz CT molecular complexity index is 1040. The summed E-state index contributed by atoms with van der Waals surface area (Å²) in [5, 5.41) is 0. The summed E-state index contributed by atoms with van der Waals surface area (Å²) in [5.41, 5.74) is 1.48. The Balaban J connectivity index is 1.44. The second-order valence-electron chi connectivity index (χ2n) is 11.5. The number of nitrogens with zero attached hydrogens (tertiary/aromatic N) is 2. The van der Waals surface area contributed by atoms with Crippen molar-refractivity contribution in [2.75, 3.05) is 0 Å². The Morgan fingerprint density at radius 2 is 1.88 bits per heavy atom. The summed E-state index contributed by atoms with van der Waals surface area (Å²) in [6, 6.07) is 6.23. The number of aromatic amines is 1. The predicted molar refractivity (Wildman–Crippen MR) is 124 cm³/mol. The molecule has 32 heavy (non-hydrogen) atoms. The van der Waals surface area contributed by atoms with E-state index >= 15 is 0 Å². The number of H-pyrrole nitrogens is 1. The number of ether oxygens (including phenoxy) is 1. The van der Waals surface area contributed by atoms with Gasteiger partial charge >= 0.3 is 13.2 Å². The molecule has 2 saturated heterocycles. The van der Waals surface area contributed by atoms with E-state index in [0.29, 0.717) is 5.92 Å². The van der Waals surface area contributed by atoms with E-state index in [0.717, 1.165) is 41.6 Å². The first kappa shape index (κ1) is 21.8. The zero-order valence-corrected chi connectivity index (χ0v) is 20.2. The molecule has 2 aromatic rings. The molecule has 3 atom stereocenters. The van der Waals surface area contributed by atoms with Crippen molar-refractivity contribution in [1.29, 1.82) is 0 Å². The van der Waals surface area contributed by atoms with E-state index in [4.69, 9.17) is 19.0 Å². The van der Waals surface area contributed by atoms with Crippen LogP contribution >= 0.6 is 0 Å². The molecule has 2 aliphatic heterocycles. The second-order valence-corrected chi connectivity index (χ2v) is 11.5. The van der Waals surface area contributed by atoms with Crippen molar-refractivity contribution in [2.24, 2.45) is 5.92 Å². The Morgan fingerprint density at radius 3 is 2.53 bits per heavy atom. The lowest BCUT2D eigenvalue weighted by Gasteiger charge is -2.35. The lowest BCUT2D eigenvalue weighted by Crippen LogP contribution is -2.43. The molecular weight excluding hydrogens is 405 g/mol. The van der Waals surface area contributed by atoms with Crippen LogP contribution in [0.1, 0.15) is 79.6 Å². The topological polar surface area (TPSA) is 76.7 Å². The summed E-state index contributed by atoms with van der Waals surface area (Å²) in [6.45, 7) is 14.0. The number of piperidine rings is 1. The molecule has 1 N–H and O–H groups in total. The fourth-order valence-corrected chi connectivity index (χ4v) is 5.23. The number of nitrogens with one attached hydrogen (secondary N) is 1. The zero-order chi connectivity index (χ0) is 23.1. The van der Waals surface area contributed by atoms with Crippen molar-refractivity contribution in [3.8, 4) is 0 Å². The van der Waals surface area contributed by atoms with Gasteiger partial charge in [0.1, 0.15) is 11.4 Å². The molecule has 1 aliphatic carbocycles. The zero-order valence-electron chi connectivity index (χ0n) is 20.2. The van der Waals surface area contributed by atoms with Gasteiger partial charge in [0.15, 0.2) is 0 Å². The molecule has 1 aromatic carbocycles. The monoisotopic (exact) mass is 439 g/mol. The van der Waals surface area contributed by atoms with E-state index in [2.05, 4.69) is 38.7 Å². The summed E-state index contributed by atoms with van der Waals surface area (Å²) < 4.78 is 18.2. The van der Waals surface area contributed by atoms with Crippen LogP contribution in [0.2, 0.25) is 0 Å². The number of fused-ring (bicyclic) bond motifs is 3. The van der Waals surface area contributed by atoms with Gasteiger partial charge in [0.2, 0.25) is 0 Å². The van der Waals surface area contributed by atoms with E-state index in [1.54, 1.807) is 0 Å². The van der Waals surface area contributed by atoms with Crippen LogP contribution in [0.25, 0.3) is 11.0 Å². The predicted octanol–water partition coefficient (Wildman–Crippen LogP) is 4.32. The highest BCUT2D eigenvalue weighted by atomic mass is 16.7. The summed E-state index contributed by atoms with van der Waals surface area (Å²) in [5.74, 6) is 1.25. The molecule has 5 rings (SSSR count). The fourth-order valence-electron chi connectivity index (χ4n) is 5.23. The first-order valence-electron chi connectivity index (χ1n) is 11.7. The number of hydrogen-bond acceptors (Lipinski definition) is 5. The SMILES string of the molecule is CC(C)(C)OC(=O)N1[C@H]2CC[C@H](C2)[C@H]1c1nc2ccc(B3OC(C)(C)C(C)(C)O3)cc2[nH]1. The quantitative estimate of drug-likeness (QED) is 0.706. The molecule has 1 amide bonds. The van der Waals surface area contributed by atoms with Crippen LogP contribution in [0.4, 0.5) is 4.79 Å². The average molecular weight is 439 g/mol. The van der Waals surface area contributed by atoms with E-state index in [1.807, 2.05) is 37.8 Å². The third-order valence-corrected chi connectivity index (χ3v) is 7.52. The number of imidazole rings is 1. The molecule has 0 radical (unpaired) electrons. The number of carbonyl (C=O) groups excluding carboxylic acids is 1. The van der Waals surface area contributed by atoms with Crippen LogP contribution in [0.15, 0.2) is 18.2 Å². The first-order chi connectivity index (χ1) is 14.8. The minimum Gasteiger partial charge on any atom is -0.444 e. The van der Waals surface area contributed by atoms with Crippen LogP contribution in [0.3, 0.4) is 0 Å². The normalized spacial score (nSPS) is 28.7. The molecule has 1 saturated carbocycles. The van der Waals surface area contributed by atoms with Crippen LogP contribution in [-0.2, 0) is 14.0 Å². The fraction of sp³-hybridized carbons (Fsp3) is 0.667. The Morgan fingerprint density at radius 1 is 1.19 bits per heavy atom. The maximum atomic E-state index is 13.0. The van der Waals surface area contributed by atoms with Gasteiger partial charge in [0.25, 0.3) is 0 Å². The Labute approximate surface area is 190 Å². The standard InChI is InChI=1S/C24H34BN3O4/c1-22(2,3)30-21(29)28-16-10-8-14(12-16)19(28)20-26-17-11-9-15(13-18(17)27-20)25-31-23(4,5)24(6,7)32-25/h9,11,13-14,16,19H,8,10,12H2,1-7H3,(H,26,27)/t14-,16+,19+/m1/s1. The van der Waals surface area contributed by atoms with Crippen molar-refractivity contribution < 1.29 is 18.8 Å². The van der Waals surface area contributed by atoms with Crippen molar-refractivity contribution in [1.82, 2.24) is 14.9 Å². The average Bonchev–Trinajstić information content (AvgIpc) is 3.41. The highest BCUT2D eigenvalue weighted by Crippen LogP contribution is 2.50. The molecule has 3 heterocycles. The van der Waals surface area contributed by atoms with Gasteiger partial charge in [-0.25, -0.2) is 9.78 Å². The molecule has 8 heteroatoms. The number of carbonyl (C=O) groups is 1. The molecule has 3 fully saturated rings. The number of likely N-dealkylation sites (tertiary alicyclic amines) is 1. The Hall–Kier alpha value is -2.06. The second kappa shape index (κ2) is 6.97. The van der Waals surface area contributed by atoms with Crippen molar-refractivity contribution in [2.45, 2.75) is 96.6 Å². The number of rotatable bonds is 2. The van der Waals surface area contributed by atoms with E-state index in [9.17, 15) is 4.79 Å². The summed E-state index contributed by atoms with van der Waals surface area (Å²) >= 11 is 0. The van der Waals surface area contributed by atoms with Gasteiger partial charge in [-0.05, 0) is 91.2 Å². The minimum atomic E-state index is -0.519. The Kier molecular flexibility index (Phi) is 4.74. The lowest BCUT2D eigenvalue weighted by atomic mass is 9.79. The van der Waals surface area contributed by atoms with Gasteiger partial charge in [0, 0.05) is 6.04 Å². The molecule has 0 unspecified atom stereocenters. The van der Waals surface area contributed by atoms with Crippen molar-refractivity contribution >= 4 is 29.7 Å².